The van der Waals surface area contributed by atoms with E-state index in [2.05, 4.69) is 34.2 Å². The number of hydrogen-bond acceptors (Lipinski definition) is 4. The molecule has 0 amide bonds. The Balaban J connectivity index is 2.11. The molecule has 0 bridgehead atoms. The summed E-state index contributed by atoms with van der Waals surface area (Å²) in [5, 5.41) is 3.17. The van der Waals surface area contributed by atoms with E-state index in [4.69, 9.17) is 0 Å². The lowest BCUT2D eigenvalue weighted by Gasteiger charge is -2.29. The predicted molar refractivity (Wildman–Crippen MR) is 80.8 cm³/mol. The molecule has 1 aromatic rings. The Morgan fingerprint density at radius 1 is 1.26 bits per heavy atom. The maximum absolute atomic E-state index is 4.50. The molecule has 0 aromatic carbocycles. The lowest BCUT2D eigenvalue weighted by molar-refractivity contribution is 0.361. The van der Waals surface area contributed by atoms with Gasteiger partial charge >= 0.3 is 0 Å². The van der Waals surface area contributed by atoms with Crippen molar-refractivity contribution in [1.82, 2.24) is 9.97 Å². The second-order valence-electron chi connectivity index (χ2n) is 5.51. The zero-order valence-electron chi connectivity index (χ0n) is 12.4. The fraction of sp³-hybridized carbons (Fsp3) is 0.733. The molecule has 0 aliphatic heterocycles. The zero-order valence-corrected chi connectivity index (χ0v) is 12.4. The lowest BCUT2D eigenvalue weighted by Crippen LogP contribution is -2.28. The average molecular weight is 262 g/mol. The molecule has 1 aliphatic rings. The fourth-order valence-corrected chi connectivity index (χ4v) is 3.12. The summed E-state index contributed by atoms with van der Waals surface area (Å²) >= 11 is 0. The van der Waals surface area contributed by atoms with Gasteiger partial charge in [-0.3, -0.25) is 0 Å². The minimum absolute atomic E-state index is 0.830. The molecule has 0 spiro atoms. The number of nitrogens with zero attached hydrogens (tertiary/aromatic N) is 3. The van der Waals surface area contributed by atoms with E-state index in [0.717, 1.165) is 30.5 Å². The molecular formula is C15H26N4. The standard InChI is InChI=1S/C15H26N4/c1-4-13-14(16-2)17-11-18-15(13)19(3)10-12-8-6-5-7-9-12/h11-12H,4-10H2,1-3H3,(H,16,17,18). The van der Waals surface area contributed by atoms with Crippen LogP contribution in [-0.2, 0) is 6.42 Å². The number of hydrogen-bond donors (Lipinski definition) is 1. The Morgan fingerprint density at radius 3 is 2.63 bits per heavy atom. The van der Waals surface area contributed by atoms with Crippen molar-refractivity contribution in [2.24, 2.45) is 5.92 Å². The van der Waals surface area contributed by atoms with E-state index in [1.165, 1.54) is 37.7 Å². The summed E-state index contributed by atoms with van der Waals surface area (Å²) in [5.74, 6) is 2.88. The molecule has 19 heavy (non-hydrogen) atoms. The molecule has 0 atom stereocenters. The van der Waals surface area contributed by atoms with Crippen LogP contribution >= 0.6 is 0 Å². The first kappa shape index (κ1) is 14.1. The molecule has 0 unspecified atom stereocenters. The van der Waals surface area contributed by atoms with Gasteiger partial charge in [-0.1, -0.05) is 26.2 Å². The third kappa shape index (κ3) is 3.37. The van der Waals surface area contributed by atoms with Gasteiger partial charge in [-0.15, -0.1) is 0 Å². The third-order valence-electron chi connectivity index (χ3n) is 4.13. The number of nitrogens with one attached hydrogen (secondary N) is 1. The maximum Gasteiger partial charge on any atom is 0.137 e. The molecular weight excluding hydrogens is 236 g/mol. The van der Waals surface area contributed by atoms with Crippen LogP contribution < -0.4 is 10.2 Å². The molecule has 1 saturated carbocycles. The van der Waals surface area contributed by atoms with Crippen LogP contribution in [0.15, 0.2) is 6.33 Å². The monoisotopic (exact) mass is 262 g/mol. The van der Waals surface area contributed by atoms with Crippen LogP contribution in [0, 0.1) is 5.92 Å². The number of aromatic nitrogens is 2. The van der Waals surface area contributed by atoms with Gasteiger partial charge in [-0.2, -0.15) is 0 Å². The Bertz CT molecular complexity index is 399. The first-order valence-electron chi connectivity index (χ1n) is 7.49. The fourth-order valence-electron chi connectivity index (χ4n) is 3.12. The molecule has 1 N–H and O–H groups in total. The van der Waals surface area contributed by atoms with E-state index in [-0.39, 0.29) is 0 Å². The first-order chi connectivity index (χ1) is 9.26. The normalized spacial score (nSPS) is 16.4. The molecule has 106 valence electrons. The quantitative estimate of drug-likeness (QED) is 0.885. The van der Waals surface area contributed by atoms with E-state index >= 15 is 0 Å². The van der Waals surface area contributed by atoms with E-state index in [9.17, 15) is 0 Å². The van der Waals surface area contributed by atoms with Gasteiger partial charge in [0.15, 0.2) is 0 Å². The van der Waals surface area contributed by atoms with Crippen LogP contribution in [0.5, 0.6) is 0 Å². The van der Waals surface area contributed by atoms with Gasteiger partial charge in [0, 0.05) is 26.2 Å². The highest BCUT2D eigenvalue weighted by Crippen LogP contribution is 2.28. The van der Waals surface area contributed by atoms with Gasteiger partial charge in [0.1, 0.15) is 18.0 Å². The van der Waals surface area contributed by atoms with Crippen LogP contribution in [0.3, 0.4) is 0 Å². The Hall–Kier alpha value is -1.32. The second kappa shape index (κ2) is 6.73. The van der Waals surface area contributed by atoms with Gasteiger partial charge in [0.05, 0.1) is 0 Å². The first-order valence-corrected chi connectivity index (χ1v) is 7.49. The lowest BCUT2D eigenvalue weighted by atomic mass is 9.89. The van der Waals surface area contributed by atoms with E-state index in [1.54, 1.807) is 6.33 Å². The number of anilines is 2. The predicted octanol–water partition coefficient (Wildman–Crippen LogP) is 3.10. The van der Waals surface area contributed by atoms with Gasteiger partial charge in [0.25, 0.3) is 0 Å². The van der Waals surface area contributed by atoms with Crippen molar-refractivity contribution >= 4 is 11.6 Å². The van der Waals surface area contributed by atoms with Crippen molar-refractivity contribution in [3.8, 4) is 0 Å². The van der Waals surface area contributed by atoms with Gasteiger partial charge < -0.3 is 10.2 Å². The molecule has 0 radical (unpaired) electrons. The zero-order chi connectivity index (χ0) is 13.7. The molecule has 2 rings (SSSR count). The van der Waals surface area contributed by atoms with Crippen molar-refractivity contribution < 1.29 is 0 Å². The summed E-state index contributed by atoms with van der Waals surface area (Å²) in [7, 11) is 4.09. The molecule has 1 aliphatic carbocycles. The van der Waals surface area contributed by atoms with Crippen molar-refractivity contribution in [3.63, 3.8) is 0 Å². The van der Waals surface area contributed by atoms with Gasteiger partial charge in [-0.25, -0.2) is 9.97 Å². The molecule has 1 fully saturated rings. The van der Waals surface area contributed by atoms with Crippen molar-refractivity contribution in [2.75, 3.05) is 30.9 Å². The van der Waals surface area contributed by atoms with Crippen LogP contribution in [0.4, 0.5) is 11.6 Å². The molecule has 1 aromatic heterocycles. The highest BCUT2D eigenvalue weighted by molar-refractivity contribution is 5.58. The Labute approximate surface area is 116 Å². The van der Waals surface area contributed by atoms with Crippen LogP contribution in [0.2, 0.25) is 0 Å². The maximum atomic E-state index is 4.50. The van der Waals surface area contributed by atoms with E-state index in [1.807, 2.05) is 7.05 Å². The summed E-state index contributed by atoms with van der Waals surface area (Å²) in [5.41, 5.74) is 1.23. The summed E-state index contributed by atoms with van der Waals surface area (Å²) < 4.78 is 0. The van der Waals surface area contributed by atoms with Crippen LogP contribution in [-0.4, -0.2) is 30.6 Å². The van der Waals surface area contributed by atoms with E-state index in [0.29, 0.717) is 0 Å². The summed E-state index contributed by atoms with van der Waals surface area (Å²) in [6, 6.07) is 0. The molecule has 1 heterocycles. The third-order valence-corrected chi connectivity index (χ3v) is 4.13. The van der Waals surface area contributed by atoms with Crippen LogP contribution in [0.1, 0.15) is 44.6 Å². The molecule has 4 nitrogen and oxygen atoms in total. The molecule has 4 heteroatoms. The Kier molecular flexibility index (Phi) is 5.00. The smallest absolute Gasteiger partial charge is 0.137 e. The Morgan fingerprint density at radius 2 is 2.00 bits per heavy atom. The second-order valence-corrected chi connectivity index (χ2v) is 5.51. The summed E-state index contributed by atoms with van der Waals surface area (Å²) in [6.45, 7) is 3.28. The minimum atomic E-state index is 0.830. The topological polar surface area (TPSA) is 41.1 Å². The van der Waals surface area contributed by atoms with Crippen molar-refractivity contribution in [1.29, 1.82) is 0 Å². The minimum Gasteiger partial charge on any atom is -0.373 e. The van der Waals surface area contributed by atoms with Gasteiger partial charge in [0.2, 0.25) is 0 Å². The van der Waals surface area contributed by atoms with Crippen molar-refractivity contribution in [3.05, 3.63) is 11.9 Å². The highest BCUT2D eigenvalue weighted by Gasteiger charge is 2.18. The average Bonchev–Trinajstić information content (AvgIpc) is 2.47. The van der Waals surface area contributed by atoms with Crippen molar-refractivity contribution in [2.45, 2.75) is 45.4 Å². The van der Waals surface area contributed by atoms with E-state index < -0.39 is 0 Å². The number of rotatable bonds is 5. The van der Waals surface area contributed by atoms with Crippen LogP contribution in [0.25, 0.3) is 0 Å². The molecule has 0 saturated heterocycles. The SMILES string of the molecule is CCc1c(NC)ncnc1N(C)CC1CCCCC1. The largest absolute Gasteiger partial charge is 0.373 e. The summed E-state index contributed by atoms with van der Waals surface area (Å²) in [4.78, 5) is 11.1. The van der Waals surface area contributed by atoms with Gasteiger partial charge in [-0.05, 0) is 25.2 Å². The highest BCUT2D eigenvalue weighted by atomic mass is 15.2. The summed E-state index contributed by atoms with van der Waals surface area (Å²) in [6.07, 6.45) is 9.57.